The first-order valence-corrected chi connectivity index (χ1v) is 6.84. The lowest BCUT2D eigenvalue weighted by Crippen LogP contribution is -2.27. The van der Waals surface area contributed by atoms with Crippen LogP contribution in [0, 0.1) is 0 Å². The summed E-state index contributed by atoms with van der Waals surface area (Å²) >= 11 is 5.61. The van der Waals surface area contributed by atoms with Crippen molar-refractivity contribution in [2.45, 2.75) is 31.8 Å². The van der Waals surface area contributed by atoms with E-state index in [0.717, 1.165) is 0 Å². The van der Waals surface area contributed by atoms with E-state index in [1.807, 2.05) is 25.5 Å². The van der Waals surface area contributed by atoms with Crippen LogP contribution in [0.5, 0.6) is 0 Å². The number of nitrogens with zero attached hydrogens (tertiary/aromatic N) is 3. The van der Waals surface area contributed by atoms with Crippen molar-refractivity contribution in [3.05, 3.63) is 12.3 Å². The van der Waals surface area contributed by atoms with Crippen LogP contribution in [0.4, 0.5) is 0 Å². The zero-order chi connectivity index (χ0) is 12.0. The molecule has 1 fully saturated rings. The van der Waals surface area contributed by atoms with Crippen molar-refractivity contribution in [3.63, 3.8) is 0 Å². The summed E-state index contributed by atoms with van der Waals surface area (Å²) in [5, 5.41) is 1.75. The molecule has 0 aromatic carbocycles. The van der Waals surface area contributed by atoms with Gasteiger partial charge in [-0.25, -0.2) is 10.8 Å². The average molecular weight is 258 g/mol. The van der Waals surface area contributed by atoms with Gasteiger partial charge in [0.2, 0.25) is 0 Å². The summed E-state index contributed by atoms with van der Waals surface area (Å²) < 4.78 is 0.707. The van der Waals surface area contributed by atoms with Crippen molar-refractivity contribution in [1.29, 1.82) is 0 Å². The maximum absolute atomic E-state index is 5.78. The summed E-state index contributed by atoms with van der Waals surface area (Å²) in [7, 11) is 0. The number of aliphatic imine (C=N–C) groups is 2. The number of rotatable bonds is 5. The van der Waals surface area contributed by atoms with E-state index in [1.165, 1.54) is 30.9 Å². The highest BCUT2D eigenvalue weighted by Crippen LogP contribution is 2.24. The molecule has 0 radical (unpaired) electrons. The van der Waals surface area contributed by atoms with Crippen molar-refractivity contribution in [3.8, 4) is 0 Å². The smallest absolute Gasteiger partial charge is 0.128 e. The Kier molecular flexibility index (Phi) is 5.94. The molecule has 0 aromatic rings. The number of thiol groups is 1. The standard InChI is InChI=1S/C10H18N4S2/c1-8(12-7-13-10(15)16-2)5-6-14(11)9-3-4-9/h5-9H,3-4,11H2,1-2H3,(H,12,13,15). The fraction of sp³-hybridized carbons (Fsp3) is 0.600. The van der Waals surface area contributed by atoms with Crippen molar-refractivity contribution in [1.82, 2.24) is 5.01 Å². The van der Waals surface area contributed by atoms with Crippen LogP contribution in [-0.4, -0.2) is 34.1 Å². The van der Waals surface area contributed by atoms with Crippen LogP contribution in [0.1, 0.15) is 19.8 Å². The lowest BCUT2D eigenvalue weighted by molar-refractivity contribution is 0.381. The third-order valence-electron chi connectivity index (χ3n) is 2.16. The SMILES string of the molecule is CS/C(S)=N/C=N/C(C)C=CN(N)C1CC1. The molecule has 16 heavy (non-hydrogen) atoms. The summed E-state index contributed by atoms with van der Waals surface area (Å²) in [5.41, 5.74) is 0. The quantitative estimate of drug-likeness (QED) is 0.260. The molecule has 0 spiro atoms. The molecular weight excluding hydrogens is 240 g/mol. The van der Waals surface area contributed by atoms with Gasteiger partial charge < -0.3 is 5.01 Å². The molecule has 1 aliphatic carbocycles. The molecule has 1 saturated carbocycles. The van der Waals surface area contributed by atoms with Crippen LogP contribution >= 0.6 is 24.4 Å². The summed E-state index contributed by atoms with van der Waals surface area (Å²) in [6.07, 6.45) is 9.69. The monoisotopic (exact) mass is 258 g/mol. The minimum atomic E-state index is 0.0801. The Morgan fingerprint density at radius 1 is 1.62 bits per heavy atom. The fourth-order valence-corrected chi connectivity index (χ4v) is 1.21. The van der Waals surface area contributed by atoms with Gasteiger partial charge in [0.05, 0.1) is 6.04 Å². The minimum absolute atomic E-state index is 0.0801. The zero-order valence-electron chi connectivity index (χ0n) is 9.58. The third-order valence-corrected chi connectivity index (χ3v) is 3.29. The molecule has 4 nitrogen and oxygen atoms in total. The second-order valence-electron chi connectivity index (χ2n) is 3.64. The van der Waals surface area contributed by atoms with E-state index < -0.39 is 0 Å². The van der Waals surface area contributed by atoms with Crippen LogP contribution in [0.25, 0.3) is 0 Å². The summed E-state index contributed by atoms with van der Waals surface area (Å²) in [6.45, 7) is 1.99. The van der Waals surface area contributed by atoms with Crippen LogP contribution in [0.15, 0.2) is 22.3 Å². The normalized spacial score (nSPS) is 19.6. The van der Waals surface area contributed by atoms with E-state index in [-0.39, 0.29) is 6.04 Å². The molecule has 0 bridgehead atoms. The highest BCUT2D eigenvalue weighted by atomic mass is 32.2. The van der Waals surface area contributed by atoms with Gasteiger partial charge in [-0.2, -0.15) is 0 Å². The number of hydrogen-bond acceptors (Lipinski definition) is 4. The topological polar surface area (TPSA) is 54.0 Å². The molecule has 90 valence electrons. The van der Waals surface area contributed by atoms with Gasteiger partial charge in [0, 0.05) is 12.2 Å². The molecule has 1 aliphatic rings. The van der Waals surface area contributed by atoms with Gasteiger partial charge in [-0.15, -0.1) is 24.4 Å². The fourth-order valence-electron chi connectivity index (χ4n) is 1.01. The maximum atomic E-state index is 5.78. The molecule has 0 heterocycles. The Labute approximate surface area is 106 Å². The van der Waals surface area contributed by atoms with Crippen LogP contribution < -0.4 is 5.84 Å². The Morgan fingerprint density at radius 2 is 2.31 bits per heavy atom. The summed E-state index contributed by atoms with van der Waals surface area (Å²) in [5.74, 6) is 5.78. The maximum Gasteiger partial charge on any atom is 0.128 e. The predicted octanol–water partition coefficient (Wildman–Crippen LogP) is 1.90. The van der Waals surface area contributed by atoms with Crippen molar-refractivity contribution >= 4 is 35.1 Å². The van der Waals surface area contributed by atoms with Gasteiger partial charge >= 0.3 is 0 Å². The second kappa shape index (κ2) is 6.98. The van der Waals surface area contributed by atoms with E-state index in [4.69, 9.17) is 5.84 Å². The molecule has 1 rings (SSSR count). The molecular formula is C10H18N4S2. The number of thioether (sulfide) groups is 1. The van der Waals surface area contributed by atoms with E-state index in [0.29, 0.717) is 10.4 Å². The zero-order valence-corrected chi connectivity index (χ0v) is 11.3. The average Bonchev–Trinajstić information content (AvgIpc) is 3.09. The first kappa shape index (κ1) is 13.6. The lowest BCUT2D eigenvalue weighted by Gasteiger charge is -2.11. The molecule has 6 heteroatoms. The molecule has 0 amide bonds. The van der Waals surface area contributed by atoms with Crippen LogP contribution in [0.2, 0.25) is 0 Å². The third kappa shape index (κ3) is 5.58. The predicted molar refractivity (Wildman–Crippen MR) is 76.1 cm³/mol. The molecule has 0 aliphatic heterocycles. The first-order valence-electron chi connectivity index (χ1n) is 5.17. The van der Waals surface area contributed by atoms with Gasteiger partial charge in [0.1, 0.15) is 10.7 Å². The van der Waals surface area contributed by atoms with Gasteiger partial charge in [-0.1, -0.05) is 0 Å². The van der Waals surface area contributed by atoms with Crippen LogP contribution in [-0.2, 0) is 0 Å². The minimum Gasteiger partial charge on any atom is -0.316 e. The Morgan fingerprint density at radius 3 is 2.88 bits per heavy atom. The van der Waals surface area contributed by atoms with Gasteiger partial charge in [-0.05, 0) is 32.1 Å². The summed E-state index contributed by atoms with van der Waals surface area (Å²) in [4.78, 5) is 8.25. The van der Waals surface area contributed by atoms with E-state index in [9.17, 15) is 0 Å². The molecule has 2 N–H and O–H groups in total. The van der Waals surface area contributed by atoms with E-state index >= 15 is 0 Å². The Hall–Kier alpha value is -0.460. The van der Waals surface area contributed by atoms with E-state index in [1.54, 1.807) is 5.01 Å². The molecule has 1 atom stereocenters. The van der Waals surface area contributed by atoms with E-state index in [2.05, 4.69) is 22.6 Å². The summed E-state index contributed by atoms with van der Waals surface area (Å²) in [6, 6.07) is 0.613. The van der Waals surface area contributed by atoms with Gasteiger partial charge in [0.15, 0.2) is 0 Å². The molecule has 1 unspecified atom stereocenters. The highest BCUT2D eigenvalue weighted by molar-refractivity contribution is 8.32. The number of nitrogens with two attached hydrogens (primary N) is 1. The first-order chi connectivity index (χ1) is 7.63. The van der Waals surface area contributed by atoms with Crippen LogP contribution in [0.3, 0.4) is 0 Å². The Balaban J connectivity index is 2.31. The second-order valence-corrected chi connectivity index (χ2v) is 5.16. The highest BCUT2D eigenvalue weighted by Gasteiger charge is 2.24. The number of hydrogen-bond donors (Lipinski definition) is 2. The van der Waals surface area contributed by atoms with Gasteiger partial charge in [0.25, 0.3) is 0 Å². The molecule has 0 saturated heterocycles. The largest absolute Gasteiger partial charge is 0.316 e. The van der Waals surface area contributed by atoms with Crippen molar-refractivity contribution in [2.75, 3.05) is 6.26 Å². The molecule has 0 aromatic heterocycles. The van der Waals surface area contributed by atoms with Gasteiger partial charge in [-0.3, -0.25) is 4.99 Å². The van der Waals surface area contributed by atoms with Crippen molar-refractivity contribution < 1.29 is 0 Å². The lowest BCUT2D eigenvalue weighted by atomic mass is 10.3. The Bertz CT molecular complexity index is 297. The number of hydrazine groups is 1. The van der Waals surface area contributed by atoms with Crippen molar-refractivity contribution in [2.24, 2.45) is 15.8 Å².